The molecule has 0 aromatic heterocycles. The first-order valence-corrected chi connectivity index (χ1v) is 5.19. The lowest BCUT2D eigenvalue weighted by molar-refractivity contribution is 0.0318. The Kier molecular flexibility index (Phi) is 7.01. The number of hydrogen-bond acceptors (Lipinski definition) is 6. The topological polar surface area (TPSA) is 106 Å². The van der Waals surface area contributed by atoms with Crippen molar-refractivity contribution in [3.8, 4) is 0 Å². The molecule has 0 saturated heterocycles. The molecular formula is C9H17N3O6. The molecule has 0 bridgehead atoms. The van der Waals surface area contributed by atoms with Crippen molar-refractivity contribution in [2.24, 2.45) is 0 Å². The first kappa shape index (κ1) is 15.8. The number of amides is 3. The molecule has 0 aliphatic heterocycles. The SMILES string of the molecule is CCOC(=O)NN(NC(=O)OC)C(=O)OC(C)C. The van der Waals surface area contributed by atoms with Gasteiger partial charge in [-0.2, -0.15) is 0 Å². The molecule has 0 aliphatic carbocycles. The molecule has 9 nitrogen and oxygen atoms in total. The van der Waals surface area contributed by atoms with Crippen LogP contribution in [0.25, 0.3) is 0 Å². The molecule has 0 atom stereocenters. The minimum absolute atomic E-state index is 0.108. The zero-order valence-corrected chi connectivity index (χ0v) is 10.7. The van der Waals surface area contributed by atoms with Gasteiger partial charge in [-0.25, -0.2) is 25.2 Å². The third-order valence-electron chi connectivity index (χ3n) is 1.39. The van der Waals surface area contributed by atoms with Gasteiger partial charge in [-0.3, -0.25) is 0 Å². The highest BCUT2D eigenvalue weighted by Crippen LogP contribution is 1.94. The second kappa shape index (κ2) is 7.98. The summed E-state index contributed by atoms with van der Waals surface area (Å²) >= 11 is 0. The Balaban J connectivity index is 4.55. The molecule has 104 valence electrons. The molecule has 0 saturated carbocycles. The molecule has 0 spiro atoms. The molecule has 0 radical (unpaired) electrons. The fourth-order valence-corrected chi connectivity index (χ4v) is 0.765. The Bertz CT molecular complexity index is 307. The van der Waals surface area contributed by atoms with Gasteiger partial charge in [0, 0.05) is 0 Å². The molecule has 0 unspecified atom stereocenters. The molecule has 0 heterocycles. The first-order chi connectivity index (χ1) is 8.40. The van der Waals surface area contributed by atoms with Crippen LogP contribution in [0.2, 0.25) is 0 Å². The fourth-order valence-electron chi connectivity index (χ4n) is 0.765. The molecule has 0 fully saturated rings. The lowest BCUT2D eigenvalue weighted by Gasteiger charge is -2.22. The van der Waals surface area contributed by atoms with Crippen LogP contribution in [0.4, 0.5) is 14.4 Å². The Hall–Kier alpha value is -2.19. The summed E-state index contributed by atoms with van der Waals surface area (Å²) in [6.45, 7) is 4.92. The van der Waals surface area contributed by atoms with Crippen molar-refractivity contribution >= 4 is 18.3 Å². The van der Waals surface area contributed by atoms with E-state index in [4.69, 9.17) is 4.74 Å². The van der Waals surface area contributed by atoms with Crippen LogP contribution in [0, 0.1) is 0 Å². The van der Waals surface area contributed by atoms with Gasteiger partial charge >= 0.3 is 18.3 Å². The standard InChI is InChI=1S/C9H17N3O6/c1-5-17-8(14)11-12(10-7(13)16-4)9(15)18-6(2)3/h6H,5H2,1-4H3,(H,10,13)(H,11,14). The van der Waals surface area contributed by atoms with Gasteiger partial charge in [-0.05, 0) is 20.8 Å². The molecule has 0 rings (SSSR count). The number of hydrogen-bond donors (Lipinski definition) is 2. The van der Waals surface area contributed by atoms with E-state index in [0.717, 1.165) is 7.11 Å². The Morgan fingerprint density at radius 1 is 1.17 bits per heavy atom. The normalized spacial score (nSPS) is 9.39. The number of carbonyl (C=O) groups excluding carboxylic acids is 3. The van der Waals surface area contributed by atoms with Crippen LogP contribution in [-0.4, -0.2) is 43.2 Å². The highest BCUT2D eigenvalue weighted by Gasteiger charge is 2.22. The van der Waals surface area contributed by atoms with Crippen LogP contribution in [-0.2, 0) is 14.2 Å². The van der Waals surface area contributed by atoms with Crippen molar-refractivity contribution in [3.05, 3.63) is 0 Å². The third-order valence-corrected chi connectivity index (χ3v) is 1.39. The van der Waals surface area contributed by atoms with E-state index >= 15 is 0 Å². The highest BCUT2D eigenvalue weighted by molar-refractivity contribution is 5.77. The lowest BCUT2D eigenvalue weighted by atomic mass is 10.5. The second-order valence-corrected chi connectivity index (χ2v) is 3.20. The maximum absolute atomic E-state index is 11.5. The maximum Gasteiger partial charge on any atom is 0.449 e. The third kappa shape index (κ3) is 6.40. The molecule has 0 aromatic carbocycles. The number of methoxy groups -OCH3 is 1. The number of ether oxygens (including phenoxy) is 3. The van der Waals surface area contributed by atoms with Crippen molar-refractivity contribution in [2.45, 2.75) is 26.9 Å². The molecule has 0 aromatic rings. The summed E-state index contributed by atoms with van der Waals surface area (Å²) in [5, 5.41) is 0.434. The minimum atomic E-state index is -0.983. The van der Waals surface area contributed by atoms with E-state index in [1.165, 1.54) is 0 Å². The molecule has 2 N–H and O–H groups in total. The zero-order valence-electron chi connectivity index (χ0n) is 10.7. The Morgan fingerprint density at radius 2 is 1.72 bits per heavy atom. The summed E-state index contributed by atoms with van der Waals surface area (Å²) in [7, 11) is 1.10. The van der Waals surface area contributed by atoms with Crippen molar-refractivity contribution in [1.82, 2.24) is 16.0 Å². The number of nitrogens with zero attached hydrogens (tertiary/aromatic N) is 1. The summed E-state index contributed by atoms with van der Waals surface area (Å²) in [5.74, 6) is 0. The predicted octanol–water partition coefficient (Wildman–Crippen LogP) is 0.766. The van der Waals surface area contributed by atoms with Gasteiger partial charge in [0.05, 0.1) is 19.8 Å². The van der Waals surface area contributed by atoms with Crippen LogP contribution in [0.1, 0.15) is 20.8 Å². The van der Waals surface area contributed by atoms with Gasteiger partial charge in [0.1, 0.15) is 0 Å². The number of carbonyl (C=O) groups is 3. The zero-order chi connectivity index (χ0) is 14.1. The van der Waals surface area contributed by atoms with E-state index < -0.39 is 24.4 Å². The number of rotatable bonds is 2. The number of nitrogens with one attached hydrogen (secondary N) is 2. The summed E-state index contributed by atoms with van der Waals surface area (Å²) < 4.78 is 13.6. The van der Waals surface area contributed by atoms with E-state index in [1.54, 1.807) is 20.8 Å². The quantitative estimate of drug-likeness (QED) is 0.563. The molecule has 0 aliphatic rings. The monoisotopic (exact) mass is 263 g/mol. The van der Waals surface area contributed by atoms with Gasteiger partial charge in [0.15, 0.2) is 0 Å². The van der Waals surface area contributed by atoms with Crippen LogP contribution >= 0.6 is 0 Å². The molecule has 9 heteroatoms. The summed E-state index contributed by atoms with van der Waals surface area (Å²) in [6.07, 6.45) is -3.28. The van der Waals surface area contributed by atoms with Crippen LogP contribution in [0.15, 0.2) is 0 Å². The van der Waals surface area contributed by atoms with Crippen molar-refractivity contribution < 1.29 is 28.6 Å². The van der Waals surface area contributed by atoms with Crippen molar-refractivity contribution in [3.63, 3.8) is 0 Å². The lowest BCUT2D eigenvalue weighted by Crippen LogP contribution is -2.56. The van der Waals surface area contributed by atoms with E-state index in [2.05, 4.69) is 9.47 Å². The molecule has 18 heavy (non-hydrogen) atoms. The highest BCUT2D eigenvalue weighted by atomic mass is 16.6. The smallest absolute Gasteiger partial charge is 0.449 e. The largest absolute Gasteiger partial charge is 0.452 e. The van der Waals surface area contributed by atoms with Crippen molar-refractivity contribution in [2.75, 3.05) is 13.7 Å². The average Bonchev–Trinajstić information content (AvgIpc) is 2.27. The minimum Gasteiger partial charge on any atom is -0.452 e. The fraction of sp³-hybridized carbons (Fsp3) is 0.667. The van der Waals surface area contributed by atoms with Crippen LogP contribution < -0.4 is 10.9 Å². The van der Waals surface area contributed by atoms with E-state index in [1.807, 2.05) is 10.9 Å². The van der Waals surface area contributed by atoms with Gasteiger partial charge < -0.3 is 14.2 Å². The Labute approximate surface area is 104 Å². The number of hydrazine groups is 2. The summed E-state index contributed by atoms with van der Waals surface area (Å²) in [5.41, 5.74) is 3.92. The second-order valence-electron chi connectivity index (χ2n) is 3.20. The van der Waals surface area contributed by atoms with Gasteiger partial charge in [0.25, 0.3) is 0 Å². The van der Waals surface area contributed by atoms with Crippen LogP contribution in [0.5, 0.6) is 0 Å². The van der Waals surface area contributed by atoms with Crippen LogP contribution in [0.3, 0.4) is 0 Å². The summed E-state index contributed by atoms with van der Waals surface area (Å²) in [4.78, 5) is 33.6. The average molecular weight is 263 g/mol. The first-order valence-electron chi connectivity index (χ1n) is 5.19. The Morgan fingerprint density at radius 3 is 2.17 bits per heavy atom. The van der Waals surface area contributed by atoms with Gasteiger partial charge in [-0.15, -0.1) is 5.12 Å². The van der Waals surface area contributed by atoms with E-state index in [0.29, 0.717) is 5.12 Å². The maximum atomic E-state index is 11.5. The predicted molar refractivity (Wildman–Crippen MR) is 59.2 cm³/mol. The summed E-state index contributed by atoms with van der Waals surface area (Å²) in [6, 6.07) is 0. The van der Waals surface area contributed by atoms with E-state index in [-0.39, 0.29) is 6.61 Å². The molecule has 3 amide bonds. The van der Waals surface area contributed by atoms with Gasteiger partial charge in [0.2, 0.25) is 0 Å². The molecular weight excluding hydrogens is 246 g/mol. The van der Waals surface area contributed by atoms with E-state index in [9.17, 15) is 14.4 Å². The van der Waals surface area contributed by atoms with Gasteiger partial charge in [-0.1, -0.05) is 0 Å². The van der Waals surface area contributed by atoms with Crippen molar-refractivity contribution in [1.29, 1.82) is 0 Å².